The second-order valence-electron chi connectivity index (χ2n) is 4.58. The van der Waals surface area contributed by atoms with Crippen molar-refractivity contribution in [2.45, 2.75) is 31.5 Å². The molecular weight excluding hydrogens is 173 g/mol. The molecule has 1 atom stereocenters. The molecule has 3 nitrogen and oxygen atoms in total. The minimum Gasteiger partial charge on any atom is -0.393 e. The van der Waals surface area contributed by atoms with Crippen LogP contribution in [0.15, 0.2) is 0 Å². The molecule has 78 valence electrons. The topological polar surface area (TPSA) is 43.7 Å². The van der Waals surface area contributed by atoms with Gasteiger partial charge < -0.3 is 10.2 Å². The third kappa shape index (κ3) is 3.21. The maximum Gasteiger partial charge on any atom is 0.147 e. The van der Waals surface area contributed by atoms with E-state index in [1.807, 2.05) is 4.90 Å². The highest BCUT2D eigenvalue weighted by Gasteiger charge is 2.38. The molecule has 0 aromatic heterocycles. The van der Waals surface area contributed by atoms with Crippen molar-refractivity contribution in [3.63, 3.8) is 0 Å². The smallest absolute Gasteiger partial charge is 0.147 e. The molecule has 2 N–H and O–H groups in total. The van der Waals surface area contributed by atoms with Gasteiger partial charge in [0.15, 0.2) is 0 Å². The number of nitrogens with zero attached hydrogens (tertiary/aromatic N) is 1. The summed E-state index contributed by atoms with van der Waals surface area (Å²) >= 11 is 0. The molecule has 0 aromatic carbocycles. The second-order valence-corrected chi connectivity index (χ2v) is 4.58. The zero-order chi connectivity index (χ0) is 10.1. The lowest BCUT2D eigenvalue weighted by Gasteiger charge is -2.25. The molecular formula is C9H18FNO2. The third-order valence-electron chi connectivity index (χ3n) is 2.28. The van der Waals surface area contributed by atoms with Crippen LogP contribution in [0.3, 0.4) is 0 Å². The van der Waals surface area contributed by atoms with Crippen LogP contribution in [0.1, 0.15) is 20.3 Å². The summed E-state index contributed by atoms with van der Waals surface area (Å²) in [5, 5.41) is 18.3. The number of aliphatic hydroxyl groups is 2. The van der Waals surface area contributed by atoms with Gasteiger partial charge in [0, 0.05) is 19.6 Å². The maximum atomic E-state index is 13.5. The number of hydrogen-bond acceptors (Lipinski definition) is 3. The predicted molar refractivity (Wildman–Crippen MR) is 48.3 cm³/mol. The van der Waals surface area contributed by atoms with E-state index < -0.39 is 17.9 Å². The molecule has 4 heteroatoms. The summed E-state index contributed by atoms with van der Waals surface area (Å²) in [5.41, 5.74) is -2.24. The van der Waals surface area contributed by atoms with Crippen molar-refractivity contribution in [2.24, 2.45) is 0 Å². The number of hydrogen-bond donors (Lipinski definition) is 2. The van der Waals surface area contributed by atoms with E-state index in [0.29, 0.717) is 19.5 Å². The summed E-state index contributed by atoms with van der Waals surface area (Å²) in [6.45, 7) is 4.27. The molecule has 0 aromatic rings. The Morgan fingerprint density at radius 3 is 2.54 bits per heavy atom. The van der Waals surface area contributed by atoms with Crippen LogP contribution in [0.25, 0.3) is 0 Å². The molecule has 0 spiro atoms. The summed E-state index contributed by atoms with van der Waals surface area (Å²) in [7, 11) is 0. The minimum absolute atomic E-state index is 0.230. The van der Waals surface area contributed by atoms with E-state index in [-0.39, 0.29) is 6.54 Å². The highest BCUT2D eigenvalue weighted by molar-refractivity contribution is 4.91. The highest BCUT2D eigenvalue weighted by atomic mass is 19.1. The number of halogens is 1. The normalized spacial score (nSPS) is 31.2. The second kappa shape index (κ2) is 3.52. The van der Waals surface area contributed by atoms with Crippen LogP contribution in [0, 0.1) is 0 Å². The first-order valence-electron chi connectivity index (χ1n) is 4.59. The van der Waals surface area contributed by atoms with E-state index >= 15 is 0 Å². The fourth-order valence-corrected chi connectivity index (χ4v) is 1.73. The van der Waals surface area contributed by atoms with Gasteiger partial charge in [0.1, 0.15) is 5.67 Å². The molecule has 0 radical (unpaired) electrons. The first kappa shape index (κ1) is 10.9. The number of likely N-dealkylation sites (tertiary alicyclic amines) is 1. The van der Waals surface area contributed by atoms with Crippen molar-refractivity contribution >= 4 is 0 Å². The van der Waals surface area contributed by atoms with Gasteiger partial charge in [-0.2, -0.15) is 0 Å². The Balaban J connectivity index is 2.42. The Morgan fingerprint density at radius 1 is 1.54 bits per heavy atom. The molecule has 1 aliphatic rings. The van der Waals surface area contributed by atoms with Crippen molar-refractivity contribution < 1.29 is 14.6 Å². The van der Waals surface area contributed by atoms with Crippen LogP contribution >= 0.6 is 0 Å². The number of alkyl halides is 1. The van der Waals surface area contributed by atoms with E-state index in [9.17, 15) is 9.50 Å². The van der Waals surface area contributed by atoms with Gasteiger partial charge >= 0.3 is 0 Å². The Labute approximate surface area is 78.2 Å². The highest BCUT2D eigenvalue weighted by Crippen LogP contribution is 2.25. The van der Waals surface area contributed by atoms with E-state index in [1.165, 1.54) is 0 Å². The molecule has 0 aliphatic carbocycles. The summed E-state index contributed by atoms with van der Waals surface area (Å²) in [6, 6.07) is 0. The van der Waals surface area contributed by atoms with Crippen molar-refractivity contribution in [3.8, 4) is 0 Å². The van der Waals surface area contributed by atoms with Gasteiger partial charge in [-0.3, -0.25) is 4.90 Å². The van der Waals surface area contributed by atoms with E-state index in [2.05, 4.69) is 0 Å². The molecule has 1 fully saturated rings. The lowest BCUT2D eigenvalue weighted by atomic mass is 10.1. The molecule has 0 bridgehead atoms. The molecule has 1 aliphatic heterocycles. The van der Waals surface area contributed by atoms with E-state index in [4.69, 9.17) is 5.11 Å². The predicted octanol–water partition coefficient (Wildman–Crippen LogP) is 0.164. The number of β-amino-alcohol motifs (C(OH)–C–C–N with tert-alkyl or cyclic N) is 1. The molecule has 1 unspecified atom stereocenters. The zero-order valence-electron chi connectivity index (χ0n) is 8.26. The Bertz CT molecular complexity index is 181. The van der Waals surface area contributed by atoms with Gasteiger partial charge in [0.05, 0.1) is 12.2 Å². The van der Waals surface area contributed by atoms with Gasteiger partial charge in [0.2, 0.25) is 0 Å². The van der Waals surface area contributed by atoms with Crippen LogP contribution in [-0.2, 0) is 0 Å². The molecule has 0 saturated carbocycles. The van der Waals surface area contributed by atoms with Gasteiger partial charge in [0.25, 0.3) is 0 Å². The lowest BCUT2D eigenvalue weighted by Crippen LogP contribution is -2.40. The average molecular weight is 191 g/mol. The van der Waals surface area contributed by atoms with Gasteiger partial charge in [-0.05, 0) is 20.3 Å². The van der Waals surface area contributed by atoms with Crippen LogP contribution in [-0.4, -0.2) is 52.6 Å². The monoisotopic (exact) mass is 191 g/mol. The molecule has 1 saturated heterocycles. The van der Waals surface area contributed by atoms with Crippen molar-refractivity contribution in [1.29, 1.82) is 0 Å². The van der Waals surface area contributed by atoms with Crippen LogP contribution in [0.2, 0.25) is 0 Å². The summed E-state index contributed by atoms with van der Waals surface area (Å²) < 4.78 is 13.5. The van der Waals surface area contributed by atoms with Crippen molar-refractivity contribution in [1.82, 2.24) is 4.90 Å². The quantitative estimate of drug-likeness (QED) is 0.668. The van der Waals surface area contributed by atoms with Gasteiger partial charge in [-0.25, -0.2) is 4.39 Å². The third-order valence-corrected chi connectivity index (χ3v) is 2.28. The summed E-state index contributed by atoms with van der Waals surface area (Å²) in [6.07, 6.45) is 0.361. The standard InChI is InChI=1S/C9H18FNO2/c1-8(2,13)5-11-4-3-9(10,6-11)7-12/h12-13H,3-7H2,1-2H3. The van der Waals surface area contributed by atoms with Gasteiger partial charge in [-0.1, -0.05) is 0 Å². The lowest BCUT2D eigenvalue weighted by molar-refractivity contribution is 0.0298. The van der Waals surface area contributed by atoms with Crippen molar-refractivity contribution in [3.05, 3.63) is 0 Å². The number of rotatable bonds is 3. The molecule has 1 rings (SSSR count). The maximum absolute atomic E-state index is 13.5. The fourth-order valence-electron chi connectivity index (χ4n) is 1.73. The summed E-state index contributed by atoms with van der Waals surface area (Å²) in [5.74, 6) is 0. The Morgan fingerprint density at radius 2 is 2.15 bits per heavy atom. The molecule has 13 heavy (non-hydrogen) atoms. The van der Waals surface area contributed by atoms with Crippen LogP contribution < -0.4 is 0 Å². The van der Waals surface area contributed by atoms with Crippen LogP contribution in [0.4, 0.5) is 4.39 Å². The minimum atomic E-state index is -1.45. The zero-order valence-corrected chi connectivity index (χ0v) is 8.26. The van der Waals surface area contributed by atoms with E-state index in [1.54, 1.807) is 13.8 Å². The van der Waals surface area contributed by atoms with Crippen LogP contribution in [0.5, 0.6) is 0 Å². The number of aliphatic hydroxyl groups excluding tert-OH is 1. The average Bonchev–Trinajstić information content (AvgIpc) is 2.30. The SMILES string of the molecule is CC(C)(O)CN1CCC(F)(CO)C1. The fraction of sp³-hybridized carbons (Fsp3) is 1.00. The first-order chi connectivity index (χ1) is 5.85. The largest absolute Gasteiger partial charge is 0.393 e. The van der Waals surface area contributed by atoms with E-state index in [0.717, 1.165) is 0 Å². The Kier molecular flexibility index (Phi) is 2.95. The molecule has 0 amide bonds. The molecule has 1 heterocycles. The van der Waals surface area contributed by atoms with Crippen molar-refractivity contribution in [2.75, 3.05) is 26.2 Å². The summed E-state index contributed by atoms with van der Waals surface area (Å²) in [4.78, 5) is 1.84. The van der Waals surface area contributed by atoms with Gasteiger partial charge in [-0.15, -0.1) is 0 Å². The first-order valence-corrected chi connectivity index (χ1v) is 4.59. The Hall–Kier alpha value is -0.190.